The first kappa shape index (κ1) is 39.6. The van der Waals surface area contributed by atoms with Crippen molar-refractivity contribution < 1.29 is 0 Å². The molecule has 0 bridgehead atoms. The first-order valence-electron chi connectivity index (χ1n) is 21.8. The highest BCUT2D eigenvalue weighted by atomic mass is 32.1. The Kier molecular flexibility index (Phi) is 10.1. The summed E-state index contributed by atoms with van der Waals surface area (Å²) in [6.45, 7) is 11.5. The van der Waals surface area contributed by atoms with Crippen molar-refractivity contribution in [3.05, 3.63) is 214 Å². The van der Waals surface area contributed by atoms with Crippen molar-refractivity contribution in [3.63, 3.8) is 0 Å². The van der Waals surface area contributed by atoms with Gasteiger partial charge < -0.3 is 4.57 Å². The maximum Gasteiger partial charge on any atom is 0.162 e. The summed E-state index contributed by atoms with van der Waals surface area (Å²) in [6, 6.07) is 56.8. The highest BCUT2D eigenvalue weighted by molar-refractivity contribution is 7.23. The number of pyridine rings is 1. The molecule has 12 rings (SSSR count). The van der Waals surface area contributed by atoms with Crippen LogP contribution in [0.2, 0.25) is 0 Å². The van der Waals surface area contributed by atoms with Gasteiger partial charge in [0.2, 0.25) is 0 Å². The molecular formula is C59H43N5S. The summed E-state index contributed by atoms with van der Waals surface area (Å²) in [5.41, 5.74) is 10.8. The minimum absolute atomic E-state index is 0.659. The molecule has 5 aromatic heterocycles. The summed E-state index contributed by atoms with van der Waals surface area (Å²) in [5.74, 6) is 1.51. The fourth-order valence-corrected chi connectivity index (χ4v) is 10.6. The first-order chi connectivity index (χ1) is 32.1. The quantitative estimate of drug-likeness (QED) is 0.119. The summed E-state index contributed by atoms with van der Waals surface area (Å²) in [4.78, 5) is 16.3. The number of thiophene rings is 1. The highest BCUT2D eigenvalue weighted by Crippen LogP contribution is 2.45. The second kappa shape index (κ2) is 16.5. The number of rotatable bonds is 7. The van der Waals surface area contributed by atoms with Gasteiger partial charge in [0, 0.05) is 60.2 Å². The van der Waals surface area contributed by atoms with Crippen molar-refractivity contribution in [2.45, 2.75) is 13.8 Å². The second-order valence-corrected chi connectivity index (χ2v) is 17.0. The minimum atomic E-state index is 0.659. The maximum absolute atomic E-state index is 5.57. The van der Waals surface area contributed by atoms with E-state index in [2.05, 4.69) is 185 Å². The number of fused-ring (bicyclic) bond motifs is 11. The molecular weight excluding hydrogens is 811 g/mol. The summed E-state index contributed by atoms with van der Waals surface area (Å²) in [6.07, 6.45) is 13.5. The monoisotopic (exact) mass is 853 g/mol. The van der Waals surface area contributed by atoms with Crippen molar-refractivity contribution in [1.29, 1.82) is 0 Å². The summed E-state index contributed by atoms with van der Waals surface area (Å²) in [5, 5.41) is 9.27. The average molecular weight is 854 g/mol. The number of aromatic nitrogens is 5. The van der Waals surface area contributed by atoms with Crippen LogP contribution in [0.25, 0.3) is 120 Å². The molecule has 0 spiro atoms. The Morgan fingerprint density at radius 1 is 0.585 bits per heavy atom. The molecule has 0 saturated carbocycles. The lowest BCUT2D eigenvalue weighted by Gasteiger charge is -2.14. The molecule has 0 aliphatic rings. The summed E-state index contributed by atoms with van der Waals surface area (Å²) >= 11 is 1.80. The van der Waals surface area contributed by atoms with Gasteiger partial charge in [-0.3, -0.25) is 9.55 Å². The lowest BCUT2D eigenvalue weighted by molar-refractivity contribution is 1.08. The third kappa shape index (κ3) is 6.57. The predicted molar refractivity (Wildman–Crippen MR) is 279 cm³/mol. The topological polar surface area (TPSA) is 48.5 Å². The number of hydrogen-bond donors (Lipinski definition) is 0. The van der Waals surface area contributed by atoms with E-state index in [-0.39, 0.29) is 0 Å². The average Bonchev–Trinajstić information content (AvgIpc) is 4.05. The summed E-state index contributed by atoms with van der Waals surface area (Å²) < 4.78 is 5.89. The first-order valence-corrected chi connectivity index (χ1v) is 22.6. The predicted octanol–water partition coefficient (Wildman–Crippen LogP) is 16.4. The lowest BCUT2D eigenvalue weighted by atomic mass is 9.97. The van der Waals surface area contributed by atoms with Gasteiger partial charge in [0.05, 0.1) is 33.0 Å². The Labute approximate surface area is 380 Å². The molecule has 0 N–H and O–H groups in total. The maximum atomic E-state index is 5.57. The highest BCUT2D eigenvalue weighted by Gasteiger charge is 2.23. The molecule has 0 aliphatic heterocycles. The van der Waals surface area contributed by atoms with Crippen LogP contribution in [-0.4, -0.2) is 24.1 Å². The molecule has 65 heavy (non-hydrogen) atoms. The van der Waals surface area contributed by atoms with E-state index in [1.165, 1.54) is 48.3 Å². The number of nitrogens with zero attached hydrogens (tertiary/aromatic N) is 5. The van der Waals surface area contributed by atoms with Gasteiger partial charge in [0.1, 0.15) is 0 Å². The summed E-state index contributed by atoms with van der Waals surface area (Å²) in [7, 11) is 0. The number of allylic oxidation sites excluding steroid dienone is 6. The van der Waals surface area contributed by atoms with Gasteiger partial charge >= 0.3 is 0 Å². The van der Waals surface area contributed by atoms with Crippen LogP contribution in [0.15, 0.2) is 214 Å². The lowest BCUT2D eigenvalue weighted by Crippen LogP contribution is -2.03. The molecule has 0 unspecified atom stereocenters. The number of benzene rings is 7. The van der Waals surface area contributed by atoms with Crippen LogP contribution in [0, 0.1) is 0 Å². The van der Waals surface area contributed by atoms with E-state index >= 15 is 0 Å². The zero-order chi connectivity index (χ0) is 44.0. The molecule has 0 aliphatic carbocycles. The molecule has 0 fully saturated rings. The fourth-order valence-electron chi connectivity index (χ4n) is 9.37. The third-order valence-corrected chi connectivity index (χ3v) is 13.3. The van der Waals surface area contributed by atoms with Crippen molar-refractivity contribution in [3.8, 4) is 38.8 Å². The van der Waals surface area contributed by atoms with Crippen LogP contribution >= 0.6 is 11.3 Å². The smallest absolute Gasteiger partial charge is 0.162 e. The number of hydrogen-bond acceptors (Lipinski definition) is 4. The zero-order valence-electron chi connectivity index (χ0n) is 36.1. The van der Waals surface area contributed by atoms with Crippen molar-refractivity contribution >= 4 is 92.4 Å². The number of para-hydroxylation sites is 1. The van der Waals surface area contributed by atoms with Gasteiger partial charge in [-0.1, -0.05) is 134 Å². The SMILES string of the molecule is C=C/C(=C\C=C/C)n1c2ccccc2c2c(-c3ccc4c(c3)c3ccc5ccccc5c3n4-c3nc(-c4ccncc4)nc4ccc5cc(-c6ccccc6)sc5c34)cccc21.C=CC. The van der Waals surface area contributed by atoms with Crippen LogP contribution < -0.4 is 0 Å². The van der Waals surface area contributed by atoms with E-state index in [1.54, 1.807) is 29.8 Å². The van der Waals surface area contributed by atoms with Crippen molar-refractivity contribution in [2.24, 2.45) is 0 Å². The fraction of sp³-hybridized carbons (Fsp3) is 0.0339. The van der Waals surface area contributed by atoms with Crippen LogP contribution in [0.4, 0.5) is 0 Å². The molecule has 0 saturated heterocycles. The van der Waals surface area contributed by atoms with E-state index in [9.17, 15) is 0 Å². The molecule has 5 nitrogen and oxygen atoms in total. The van der Waals surface area contributed by atoms with Gasteiger partial charge in [-0.25, -0.2) is 9.97 Å². The van der Waals surface area contributed by atoms with Crippen LogP contribution in [-0.2, 0) is 0 Å². The van der Waals surface area contributed by atoms with Gasteiger partial charge in [-0.05, 0) is 102 Å². The van der Waals surface area contributed by atoms with Gasteiger partial charge in [-0.2, -0.15) is 0 Å². The molecule has 12 aromatic rings. The molecule has 0 radical (unpaired) electrons. The van der Waals surface area contributed by atoms with E-state index in [4.69, 9.17) is 9.97 Å². The standard InChI is InChI=1S/C56H37N5S.C3H6/c1-3-5-17-40(4-2)60-47-21-12-11-19-44(47)51-41(20-13-22-49(51)60)38-25-28-48-45(33-38)43-26-23-35-14-9-10-18-42(35)53(43)61(48)56-52-46(58-55(59-56)37-29-31-57-32-30-37)27-24-39-34-50(62-54(39)52)36-15-7-6-8-16-36;1-3-2/h3-34H,2H2,1H3;3H,1H2,2H3/b5-3-,40-17+;. The Hall–Kier alpha value is -8.19. The van der Waals surface area contributed by atoms with Crippen LogP contribution in [0.5, 0.6) is 0 Å². The van der Waals surface area contributed by atoms with Crippen LogP contribution in [0.1, 0.15) is 13.8 Å². The van der Waals surface area contributed by atoms with E-state index in [1.807, 2.05) is 38.1 Å². The van der Waals surface area contributed by atoms with Gasteiger partial charge in [0.25, 0.3) is 0 Å². The Morgan fingerprint density at radius 2 is 1.34 bits per heavy atom. The second-order valence-electron chi connectivity index (χ2n) is 16.0. The van der Waals surface area contributed by atoms with Crippen molar-refractivity contribution in [2.75, 3.05) is 0 Å². The largest absolute Gasteiger partial charge is 0.309 e. The molecule has 310 valence electrons. The zero-order valence-corrected chi connectivity index (χ0v) is 36.9. The van der Waals surface area contributed by atoms with Gasteiger partial charge in [-0.15, -0.1) is 17.9 Å². The Morgan fingerprint density at radius 3 is 2.15 bits per heavy atom. The Bertz CT molecular complexity index is 3880. The minimum Gasteiger partial charge on any atom is -0.309 e. The third-order valence-electron chi connectivity index (χ3n) is 12.1. The van der Waals surface area contributed by atoms with Crippen molar-refractivity contribution in [1.82, 2.24) is 24.1 Å². The molecule has 6 heteroatoms. The van der Waals surface area contributed by atoms with Gasteiger partial charge in [0.15, 0.2) is 11.6 Å². The normalized spacial score (nSPS) is 12.0. The Balaban J connectivity index is 0.00000152. The van der Waals surface area contributed by atoms with E-state index in [0.29, 0.717) is 5.82 Å². The van der Waals surface area contributed by atoms with Crippen LogP contribution in [0.3, 0.4) is 0 Å². The van der Waals surface area contributed by atoms with E-state index in [0.717, 1.165) is 65.7 Å². The van der Waals surface area contributed by atoms with E-state index < -0.39 is 0 Å². The molecule has 0 atom stereocenters. The molecule has 5 heterocycles. The molecule has 0 amide bonds. The molecule has 7 aromatic carbocycles.